The van der Waals surface area contributed by atoms with Crippen LogP contribution in [0.25, 0.3) is 0 Å². The van der Waals surface area contributed by atoms with Gasteiger partial charge in [-0.15, -0.1) is 24.0 Å². The zero-order chi connectivity index (χ0) is 18.5. The van der Waals surface area contributed by atoms with Crippen molar-refractivity contribution in [2.24, 2.45) is 4.99 Å². The minimum absolute atomic E-state index is 0. The minimum atomic E-state index is 0. The lowest BCUT2D eigenvalue weighted by Crippen LogP contribution is -2.37. The van der Waals surface area contributed by atoms with Gasteiger partial charge in [0, 0.05) is 25.7 Å². The summed E-state index contributed by atoms with van der Waals surface area (Å²) in [4.78, 5) is 4.29. The highest BCUT2D eigenvalue weighted by Gasteiger charge is 2.05. The van der Waals surface area contributed by atoms with E-state index in [9.17, 15) is 0 Å². The maximum atomic E-state index is 6.01. The molecule has 2 aromatic rings. The molecule has 2 N–H and O–H groups in total. The highest BCUT2D eigenvalue weighted by atomic mass is 127. The number of benzene rings is 2. The molecule has 0 spiro atoms. The maximum Gasteiger partial charge on any atom is 0.191 e. The molecule has 0 saturated carbocycles. The smallest absolute Gasteiger partial charge is 0.191 e. The summed E-state index contributed by atoms with van der Waals surface area (Å²) in [5.41, 5.74) is 2.28. The maximum absolute atomic E-state index is 6.01. The van der Waals surface area contributed by atoms with E-state index in [2.05, 4.69) is 40.1 Å². The fraction of sp³-hybridized carbons (Fsp3) is 0.381. The van der Waals surface area contributed by atoms with Crippen LogP contribution in [-0.2, 0) is 13.2 Å². The van der Waals surface area contributed by atoms with Crippen LogP contribution < -0.4 is 15.4 Å². The van der Waals surface area contributed by atoms with Crippen molar-refractivity contribution in [3.05, 3.63) is 65.7 Å². The average molecular weight is 499 g/mol. The third-order valence-corrected chi connectivity index (χ3v) is 4.64. The number of unbranched alkanes of at least 4 members (excludes halogenated alkanes) is 1. The Morgan fingerprint density at radius 1 is 1.00 bits per heavy atom. The van der Waals surface area contributed by atoms with Crippen LogP contribution in [0.3, 0.4) is 0 Å². The van der Waals surface area contributed by atoms with Crippen molar-refractivity contribution in [2.75, 3.05) is 25.6 Å². The Morgan fingerprint density at radius 2 is 1.74 bits per heavy atom. The number of hydrogen-bond acceptors (Lipinski definition) is 3. The zero-order valence-electron chi connectivity index (χ0n) is 16.1. The first-order valence-electron chi connectivity index (χ1n) is 9.01. The van der Waals surface area contributed by atoms with E-state index < -0.39 is 0 Å². The van der Waals surface area contributed by atoms with E-state index in [1.165, 1.54) is 12.2 Å². The Labute approximate surface area is 184 Å². The van der Waals surface area contributed by atoms with Gasteiger partial charge in [-0.05, 0) is 36.5 Å². The Kier molecular flexibility index (Phi) is 12.8. The Balaban J connectivity index is 0.00000364. The van der Waals surface area contributed by atoms with Gasteiger partial charge in [-0.3, -0.25) is 4.99 Å². The van der Waals surface area contributed by atoms with Gasteiger partial charge in [0.1, 0.15) is 12.4 Å². The molecular formula is C21H30IN3OS. The van der Waals surface area contributed by atoms with Crippen LogP contribution in [0.15, 0.2) is 59.6 Å². The van der Waals surface area contributed by atoms with Crippen molar-refractivity contribution in [1.82, 2.24) is 10.6 Å². The van der Waals surface area contributed by atoms with E-state index in [4.69, 9.17) is 4.74 Å². The number of nitrogens with zero attached hydrogens (tertiary/aromatic N) is 1. The lowest BCUT2D eigenvalue weighted by atomic mass is 10.2. The molecule has 0 aliphatic rings. The Bertz CT molecular complexity index is 667. The molecule has 0 aliphatic heterocycles. The second-order valence-corrected chi connectivity index (χ2v) is 6.92. The van der Waals surface area contributed by atoms with E-state index in [0.717, 1.165) is 35.8 Å². The number of rotatable bonds is 10. The standard InChI is InChI=1S/C21H29N3OS.HI/c1-22-21(23-14-8-9-15-26-2)24-16-19-12-6-7-13-20(19)25-17-18-10-4-3-5-11-18;/h3-7,10-13H,8-9,14-17H2,1-2H3,(H2,22,23,24);1H. The lowest BCUT2D eigenvalue weighted by Gasteiger charge is -2.15. The molecule has 0 atom stereocenters. The van der Waals surface area contributed by atoms with Crippen LogP contribution in [0.4, 0.5) is 0 Å². The van der Waals surface area contributed by atoms with Gasteiger partial charge in [0.25, 0.3) is 0 Å². The molecule has 0 fully saturated rings. The third kappa shape index (κ3) is 9.37. The highest BCUT2D eigenvalue weighted by molar-refractivity contribution is 14.0. The van der Waals surface area contributed by atoms with Crippen molar-refractivity contribution in [2.45, 2.75) is 26.0 Å². The van der Waals surface area contributed by atoms with E-state index in [1.54, 1.807) is 7.05 Å². The summed E-state index contributed by atoms with van der Waals surface area (Å²) in [6.07, 6.45) is 4.52. The third-order valence-electron chi connectivity index (χ3n) is 3.95. The second-order valence-electron chi connectivity index (χ2n) is 5.93. The normalized spacial score (nSPS) is 10.8. The molecule has 0 amide bonds. The molecule has 4 nitrogen and oxygen atoms in total. The summed E-state index contributed by atoms with van der Waals surface area (Å²) in [6, 6.07) is 18.3. The predicted molar refractivity (Wildman–Crippen MR) is 128 cm³/mol. The van der Waals surface area contributed by atoms with E-state index in [0.29, 0.717) is 13.2 Å². The molecule has 0 bridgehead atoms. The predicted octanol–water partition coefficient (Wildman–Crippen LogP) is 4.69. The topological polar surface area (TPSA) is 45.7 Å². The van der Waals surface area contributed by atoms with Gasteiger partial charge in [0.05, 0.1) is 0 Å². The molecule has 27 heavy (non-hydrogen) atoms. The van der Waals surface area contributed by atoms with Crippen LogP contribution in [0.2, 0.25) is 0 Å². The lowest BCUT2D eigenvalue weighted by molar-refractivity contribution is 0.302. The summed E-state index contributed by atoms with van der Waals surface area (Å²) >= 11 is 1.89. The number of para-hydroxylation sites is 1. The number of nitrogens with one attached hydrogen (secondary N) is 2. The van der Waals surface area contributed by atoms with Crippen molar-refractivity contribution in [3.63, 3.8) is 0 Å². The molecule has 2 rings (SSSR count). The Morgan fingerprint density at radius 3 is 2.48 bits per heavy atom. The van der Waals surface area contributed by atoms with Crippen LogP contribution >= 0.6 is 35.7 Å². The molecule has 0 radical (unpaired) electrons. The number of aliphatic imine (C=N–C) groups is 1. The first-order valence-corrected chi connectivity index (χ1v) is 10.4. The number of hydrogen-bond donors (Lipinski definition) is 2. The minimum Gasteiger partial charge on any atom is -0.489 e. The van der Waals surface area contributed by atoms with Crippen LogP contribution in [0.1, 0.15) is 24.0 Å². The molecule has 0 saturated heterocycles. The van der Waals surface area contributed by atoms with Crippen LogP contribution in [-0.4, -0.2) is 31.6 Å². The fourth-order valence-electron chi connectivity index (χ4n) is 2.50. The molecule has 0 unspecified atom stereocenters. The quantitative estimate of drug-likeness (QED) is 0.216. The van der Waals surface area contributed by atoms with Gasteiger partial charge in [-0.25, -0.2) is 0 Å². The van der Waals surface area contributed by atoms with Gasteiger partial charge in [0.2, 0.25) is 0 Å². The molecule has 2 aromatic carbocycles. The van der Waals surface area contributed by atoms with Crippen molar-refractivity contribution in [3.8, 4) is 5.75 Å². The summed E-state index contributed by atoms with van der Waals surface area (Å²) in [5, 5.41) is 6.73. The first kappa shape index (κ1) is 23.6. The monoisotopic (exact) mass is 499 g/mol. The number of halogens is 1. The molecule has 6 heteroatoms. The van der Waals surface area contributed by atoms with Gasteiger partial charge in [-0.2, -0.15) is 11.8 Å². The number of thioether (sulfide) groups is 1. The SMILES string of the molecule is CN=C(NCCCCSC)NCc1ccccc1OCc1ccccc1.I. The molecule has 0 aliphatic carbocycles. The van der Waals surface area contributed by atoms with Crippen molar-refractivity contribution in [1.29, 1.82) is 0 Å². The van der Waals surface area contributed by atoms with Crippen LogP contribution in [0, 0.1) is 0 Å². The first-order chi connectivity index (χ1) is 12.8. The fourth-order valence-corrected chi connectivity index (χ4v) is 3.00. The van der Waals surface area contributed by atoms with Crippen molar-refractivity contribution < 1.29 is 4.74 Å². The largest absolute Gasteiger partial charge is 0.489 e. The zero-order valence-corrected chi connectivity index (χ0v) is 19.3. The molecule has 148 valence electrons. The average Bonchev–Trinajstić information content (AvgIpc) is 2.70. The number of guanidine groups is 1. The molecular weight excluding hydrogens is 469 g/mol. The van der Waals surface area contributed by atoms with Crippen molar-refractivity contribution >= 4 is 41.7 Å². The molecule has 0 aromatic heterocycles. The van der Waals surface area contributed by atoms with Gasteiger partial charge >= 0.3 is 0 Å². The van der Waals surface area contributed by atoms with Gasteiger partial charge in [0.15, 0.2) is 5.96 Å². The van der Waals surface area contributed by atoms with Gasteiger partial charge < -0.3 is 15.4 Å². The van der Waals surface area contributed by atoms with E-state index in [1.807, 2.05) is 48.2 Å². The van der Waals surface area contributed by atoms with Gasteiger partial charge in [-0.1, -0.05) is 48.5 Å². The van der Waals surface area contributed by atoms with Crippen LogP contribution in [0.5, 0.6) is 5.75 Å². The molecule has 0 heterocycles. The summed E-state index contributed by atoms with van der Waals surface area (Å²) < 4.78 is 6.01. The summed E-state index contributed by atoms with van der Waals surface area (Å²) in [6.45, 7) is 2.18. The highest BCUT2D eigenvalue weighted by Crippen LogP contribution is 2.19. The summed E-state index contributed by atoms with van der Waals surface area (Å²) in [5.74, 6) is 2.94. The second kappa shape index (κ2) is 14.6. The van der Waals surface area contributed by atoms with E-state index >= 15 is 0 Å². The number of ether oxygens (including phenoxy) is 1. The Hall–Kier alpha value is -1.41. The van der Waals surface area contributed by atoms with E-state index in [-0.39, 0.29) is 24.0 Å². The summed E-state index contributed by atoms with van der Waals surface area (Å²) in [7, 11) is 1.80.